The topological polar surface area (TPSA) is 78.9 Å². The van der Waals surface area contributed by atoms with Crippen molar-refractivity contribution in [3.63, 3.8) is 0 Å². The van der Waals surface area contributed by atoms with Gasteiger partial charge in [0.2, 0.25) is 0 Å². The number of carbonyl (C=O) groups is 2. The Balaban J connectivity index is 2.79. The number of benzene rings is 1. The molecule has 1 aromatic carbocycles. The molecule has 0 aliphatic carbocycles. The standard InChI is InChI=1S/C15H22N2O4/c1-4-21-10-12(3)16-15(20)17(9-14(18)19)13-7-5-11(2)6-8-13/h5-8,12H,4,9-10H2,1-3H3,(H,16,20)(H,18,19). The summed E-state index contributed by atoms with van der Waals surface area (Å²) in [5.74, 6) is -1.07. The van der Waals surface area contributed by atoms with E-state index in [0.29, 0.717) is 18.9 Å². The number of anilines is 1. The third-order valence-electron chi connectivity index (χ3n) is 2.83. The number of nitrogens with one attached hydrogen (secondary N) is 1. The zero-order valence-electron chi connectivity index (χ0n) is 12.6. The zero-order valence-corrected chi connectivity index (χ0v) is 12.6. The molecule has 1 rings (SSSR count). The van der Waals surface area contributed by atoms with E-state index in [1.165, 1.54) is 4.90 Å². The Hall–Kier alpha value is -2.08. The molecule has 6 heteroatoms. The van der Waals surface area contributed by atoms with Gasteiger partial charge in [-0.3, -0.25) is 9.69 Å². The molecule has 6 nitrogen and oxygen atoms in total. The van der Waals surface area contributed by atoms with Crippen LogP contribution < -0.4 is 10.2 Å². The van der Waals surface area contributed by atoms with Gasteiger partial charge in [-0.15, -0.1) is 0 Å². The van der Waals surface area contributed by atoms with Gasteiger partial charge in [0.25, 0.3) is 0 Å². The highest BCUT2D eigenvalue weighted by Gasteiger charge is 2.20. The number of rotatable bonds is 7. The minimum absolute atomic E-state index is 0.195. The van der Waals surface area contributed by atoms with E-state index >= 15 is 0 Å². The van der Waals surface area contributed by atoms with E-state index in [2.05, 4.69) is 5.32 Å². The molecular formula is C15H22N2O4. The maximum absolute atomic E-state index is 12.2. The van der Waals surface area contributed by atoms with Gasteiger partial charge >= 0.3 is 12.0 Å². The highest BCUT2D eigenvalue weighted by Crippen LogP contribution is 2.15. The molecule has 0 aromatic heterocycles. The van der Waals surface area contributed by atoms with Gasteiger partial charge in [0, 0.05) is 12.3 Å². The first-order valence-electron chi connectivity index (χ1n) is 6.88. The summed E-state index contributed by atoms with van der Waals surface area (Å²) < 4.78 is 5.23. The van der Waals surface area contributed by atoms with Crippen LogP contribution in [0.1, 0.15) is 19.4 Å². The lowest BCUT2D eigenvalue weighted by Gasteiger charge is -2.24. The molecule has 0 aliphatic rings. The van der Waals surface area contributed by atoms with Crippen LogP contribution in [0, 0.1) is 6.92 Å². The van der Waals surface area contributed by atoms with E-state index in [1.54, 1.807) is 12.1 Å². The average Bonchev–Trinajstić information content (AvgIpc) is 2.43. The van der Waals surface area contributed by atoms with Gasteiger partial charge in [-0.2, -0.15) is 0 Å². The number of nitrogens with zero attached hydrogens (tertiary/aromatic N) is 1. The summed E-state index contributed by atoms with van der Waals surface area (Å²) in [6.45, 7) is 6.17. The molecule has 21 heavy (non-hydrogen) atoms. The predicted octanol–water partition coefficient (Wildman–Crippen LogP) is 2.02. The number of carboxylic acids is 1. The maximum atomic E-state index is 12.2. The third kappa shape index (κ3) is 5.83. The summed E-state index contributed by atoms with van der Waals surface area (Å²) in [5.41, 5.74) is 1.59. The predicted molar refractivity (Wildman–Crippen MR) is 80.6 cm³/mol. The normalized spacial score (nSPS) is 11.8. The van der Waals surface area contributed by atoms with Crippen molar-refractivity contribution in [3.05, 3.63) is 29.8 Å². The first-order chi connectivity index (χ1) is 9.93. The highest BCUT2D eigenvalue weighted by atomic mass is 16.5. The second-order valence-electron chi connectivity index (χ2n) is 4.83. The monoisotopic (exact) mass is 294 g/mol. The fraction of sp³-hybridized carbons (Fsp3) is 0.467. The fourth-order valence-electron chi connectivity index (χ4n) is 1.77. The summed E-state index contributed by atoms with van der Waals surface area (Å²) >= 11 is 0. The van der Waals surface area contributed by atoms with Crippen LogP contribution in [0.5, 0.6) is 0 Å². The molecule has 0 heterocycles. The minimum Gasteiger partial charge on any atom is -0.480 e. The van der Waals surface area contributed by atoms with Gasteiger partial charge in [0.15, 0.2) is 0 Å². The van der Waals surface area contributed by atoms with Crippen LogP contribution in [0.15, 0.2) is 24.3 Å². The average molecular weight is 294 g/mol. The van der Waals surface area contributed by atoms with Crippen LogP contribution in [-0.4, -0.2) is 42.9 Å². The molecule has 1 atom stereocenters. The Morgan fingerprint density at radius 1 is 1.33 bits per heavy atom. The van der Waals surface area contributed by atoms with Gasteiger partial charge in [-0.1, -0.05) is 17.7 Å². The number of amides is 2. The molecule has 1 unspecified atom stereocenters. The molecule has 116 valence electrons. The molecule has 1 aromatic rings. The first kappa shape index (κ1) is 17.0. The van der Waals surface area contributed by atoms with E-state index < -0.39 is 18.5 Å². The molecule has 0 bridgehead atoms. The smallest absolute Gasteiger partial charge is 0.323 e. The van der Waals surface area contributed by atoms with Crippen molar-refractivity contribution in [2.45, 2.75) is 26.8 Å². The van der Waals surface area contributed by atoms with Gasteiger partial charge in [-0.25, -0.2) is 4.79 Å². The van der Waals surface area contributed by atoms with E-state index in [1.807, 2.05) is 32.9 Å². The lowest BCUT2D eigenvalue weighted by molar-refractivity contribution is -0.135. The Kier molecular flexibility index (Phi) is 6.68. The summed E-state index contributed by atoms with van der Waals surface area (Å²) in [4.78, 5) is 24.4. The third-order valence-corrected chi connectivity index (χ3v) is 2.83. The van der Waals surface area contributed by atoms with Crippen LogP contribution >= 0.6 is 0 Å². The van der Waals surface area contributed by atoms with Crippen LogP contribution in [-0.2, 0) is 9.53 Å². The molecule has 0 fully saturated rings. The summed E-state index contributed by atoms with van der Waals surface area (Å²) in [7, 11) is 0. The van der Waals surface area contributed by atoms with Gasteiger partial charge < -0.3 is 15.2 Å². The van der Waals surface area contributed by atoms with Crippen molar-refractivity contribution in [3.8, 4) is 0 Å². The Labute approximate surface area is 124 Å². The summed E-state index contributed by atoms with van der Waals surface area (Å²) in [6.07, 6.45) is 0. The van der Waals surface area contributed by atoms with E-state index in [9.17, 15) is 9.59 Å². The molecule has 0 saturated heterocycles. The van der Waals surface area contributed by atoms with Crippen molar-refractivity contribution < 1.29 is 19.4 Å². The van der Waals surface area contributed by atoms with Gasteiger partial charge in [0.05, 0.1) is 12.6 Å². The van der Waals surface area contributed by atoms with Crippen LogP contribution in [0.2, 0.25) is 0 Å². The van der Waals surface area contributed by atoms with Crippen LogP contribution in [0.25, 0.3) is 0 Å². The lowest BCUT2D eigenvalue weighted by Crippen LogP contribution is -2.47. The van der Waals surface area contributed by atoms with Gasteiger partial charge in [0.1, 0.15) is 6.54 Å². The minimum atomic E-state index is -1.07. The van der Waals surface area contributed by atoms with Crippen LogP contribution in [0.3, 0.4) is 0 Å². The molecule has 2 amide bonds. The largest absolute Gasteiger partial charge is 0.480 e. The molecule has 0 spiro atoms. The van der Waals surface area contributed by atoms with E-state index in [0.717, 1.165) is 5.56 Å². The second-order valence-corrected chi connectivity index (χ2v) is 4.83. The van der Waals surface area contributed by atoms with Crippen LogP contribution in [0.4, 0.5) is 10.5 Å². The Bertz CT molecular complexity index is 473. The summed E-state index contributed by atoms with van der Waals surface area (Å²) in [6, 6.07) is 6.48. The van der Waals surface area contributed by atoms with E-state index in [-0.39, 0.29) is 6.04 Å². The Morgan fingerprint density at radius 2 is 1.95 bits per heavy atom. The fourth-order valence-corrected chi connectivity index (χ4v) is 1.77. The number of aliphatic carboxylic acids is 1. The quantitative estimate of drug-likeness (QED) is 0.806. The Morgan fingerprint density at radius 3 is 2.48 bits per heavy atom. The number of carboxylic acid groups (broad SMARTS) is 1. The lowest BCUT2D eigenvalue weighted by atomic mass is 10.2. The van der Waals surface area contributed by atoms with Crippen molar-refractivity contribution >= 4 is 17.7 Å². The first-order valence-corrected chi connectivity index (χ1v) is 6.88. The number of urea groups is 1. The van der Waals surface area contributed by atoms with E-state index in [4.69, 9.17) is 9.84 Å². The SMILES string of the molecule is CCOCC(C)NC(=O)N(CC(=O)O)c1ccc(C)cc1. The maximum Gasteiger partial charge on any atom is 0.323 e. The van der Waals surface area contributed by atoms with Gasteiger partial charge in [-0.05, 0) is 32.9 Å². The molecule has 0 radical (unpaired) electrons. The number of hydrogen-bond donors (Lipinski definition) is 2. The second kappa shape index (κ2) is 8.26. The van der Waals surface area contributed by atoms with Crippen molar-refractivity contribution in [1.29, 1.82) is 0 Å². The molecule has 2 N–H and O–H groups in total. The number of carbonyl (C=O) groups excluding carboxylic acids is 1. The van der Waals surface area contributed by atoms with Crippen molar-refractivity contribution in [1.82, 2.24) is 5.32 Å². The number of ether oxygens (including phenoxy) is 1. The van der Waals surface area contributed by atoms with Crippen molar-refractivity contribution in [2.24, 2.45) is 0 Å². The highest BCUT2D eigenvalue weighted by molar-refractivity contribution is 5.96. The molecule has 0 saturated carbocycles. The number of hydrogen-bond acceptors (Lipinski definition) is 3. The zero-order chi connectivity index (χ0) is 15.8. The van der Waals surface area contributed by atoms with Crippen molar-refractivity contribution in [2.75, 3.05) is 24.7 Å². The molecular weight excluding hydrogens is 272 g/mol. The summed E-state index contributed by atoms with van der Waals surface area (Å²) in [5, 5.41) is 11.7. The number of aryl methyl sites for hydroxylation is 1. The molecule has 0 aliphatic heterocycles.